The molecule has 150 valence electrons. The second kappa shape index (κ2) is 11.6. The molecule has 6 heteroatoms. The molecule has 2 heterocycles. The molecule has 0 radical (unpaired) electrons. The number of thioether (sulfide) groups is 1. The minimum absolute atomic E-state index is 0.320. The van der Waals surface area contributed by atoms with Gasteiger partial charge in [0.05, 0.1) is 12.7 Å². The van der Waals surface area contributed by atoms with Crippen LogP contribution in [0.1, 0.15) is 25.7 Å². The lowest BCUT2D eigenvalue weighted by Gasteiger charge is -2.21. The summed E-state index contributed by atoms with van der Waals surface area (Å²) in [5, 5.41) is 3.49. The molecular weight excluding hydrogens is 358 g/mol. The van der Waals surface area contributed by atoms with Gasteiger partial charge in [0.25, 0.3) is 0 Å². The number of nitrogens with zero attached hydrogens (tertiary/aromatic N) is 2. The molecule has 27 heavy (non-hydrogen) atoms. The monoisotopic (exact) mass is 391 g/mol. The lowest BCUT2D eigenvalue weighted by Crippen LogP contribution is -2.40. The largest absolute Gasteiger partial charge is 0.379 e. The van der Waals surface area contributed by atoms with E-state index in [1.807, 2.05) is 18.8 Å². The minimum Gasteiger partial charge on any atom is -0.379 e. The van der Waals surface area contributed by atoms with Crippen LogP contribution in [0.5, 0.6) is 0 Å². The van der Waals surface area contributed by atoms with Crippen molar-refractivity contribution in [3.05, 3.63) is 30.3 Å². The van der Waals surface area contributed by atoms with Gasteiger partial charge in [-0.2, -0.15) is 0 Å². The molecule has 0 aromatic heterocycles. The Morgan fingerprint density at radius 2 is 2.22 bits per heavy atom. The Hall–Kier alpha value is -1.24. The molecule has 1 aromatic carbocycles. The summed E-state index contributed by atoms with van der Waals surface area (Å²) in [7, 11) is 1.88. The number of benzene rings is 1. The van der Waals surface area contributed by atoms with Crippen molar-refractivity contribution in [3.8, 4) is 0 Å². The first-order valence-corrected chi connectivity index (χ1v) is 11.2. The Kier molecular flexibility index (Phi) is 8.78. The van der Waals surface area contributed by atoms with Crippen LogP contribution in [-0.4, -0.2) is 69.2 Å². The SMILES string of the molecule is CN=C(NCCCOCC1CCCO1)N1CCC(CSc2ccccc2)C1. The van der Waals surface area contributed by atoms with Gasteiger partial charge in [-0.05, 0) is 43.7 Å². The number of hydrogen-bond donors (Lipinski definition) is 1. The molecule has 2 atom stereocenters. The van der Waals surface area contributed by atoms with Crippen LogP contribution in [0.25, 0.3) is 0 Å². The topological polar surface area (TPSA) is 46.1 Å². The summed E-state index contributed by atoms with van der Waals surface area (Å²) in [6.07, 6.45) is 4.87. The molecule has 2 saturated heterocycles. The van der Waals surface area contributed by atoms with E-state index < -0.39 is 0 Å². The van der Waals surface area contributed by atoms with E-state index in [-0.39, 0.29) is 0 Å². The third kappa shape index (κ3) is 7.01. The van der Waals surface area contributed by atoms with Crippen LogP contribution in [0.4, 0.5) is 0 Å². The molecule has 0 spiro atoms. The molecule has 3 rings (SSSR count). The zero-order valence-corrected chi connectivity index (χ0v) is 17.3. The summed E-state index contributed by atoms with van der Waals surface area (Å²) in [6, 6.07) is 10.7. The molecule has 1 aromatic rings. The van der Waals surface area contributed by atoms with Crippen LogP contribution in [0.2, 0.25) is 0 Å². The van der Waals surface area contributed by atoms with Gasteiger partial charge in [0.1, 0.15) is 0 Å². The number of nitrogens with one attached hydrogen (secondary N) is 1. The minimum atomic E-state index is 0.320. The first kappa shape index (κ1) is 20.5. The second-order valence-corrected chi connectivity index (χ2v) is 8.36. The van der Waals surface area contributed by atoms with Crippen LogP contribution in [0.15, 0.2) is 40.2 Å². The van der Waals surface area contributed by atoms with Crippen molar-refractivity contribution in [3.63, 3.8) is 0 Å². The summed E-state index contributed by atoms with van der Waals surface area (Å²) in [5.41, 5.74) is 0. The van der Waals surface area contributed by atoms with E-state index in [0.717, 1.165) is 64.2 Å². The van der Waals surface area contributed by atoms with Crippen molar-refractivity contribution in [2.75, 3.05) is 52.3 Å². The van der Waals surface area contributed by atoms with E-state index in [1.165, 1.54) is 23.5 Å². The van der Waals surface area contributed by atoms with Gasteiger partial charge in [0.2, 0.25) is 0 Å². The van der Waals surface area contributed by atoms with Gasteiger partial charge in [0, 0.05) is 50.5 Å². The van der Waals surface area contributed by atoms with Gasteiger partial charge in [-0.25, -0.2) is 0 Å². The molecule has 2 unspecified atom stereocenters. The zero-order chi connectivity index (χ0) is 18.7. The number of guanidine groups is 1. The smallest absolute Gasteiger partial charge is 0.193 e. The van der Waals surface area contributed by atoms with Crippen LogP contribution in [0.3, 0.4) is 0 Å². The van der Waals surface area contributed by atoms with Crippen molar-refractivity contribution in [1.29, 1.82) is 0 Å². The molecule has 2 aliphatic heterocycles. The maximum absolute atomic E-state index is 5.73. The van der Waals surface area contributed by atoms with E-state index >= 15 is 0 Å². The Bertz CT molecular complexity index is 564. The standard InChI is InChI=1S/C21H33N3O2S/c1-22-21(23-11-6-13-25-16-19-7-5-14-26-19)24-12-10-18(15-24)17-27-20-8-3-2-4-9-20/h2-4,8-9,18-19H,5-7,10-17H2,1H3,(H,22,23). The average Bonchev–Trinajstić information content (AvgIpc) is 3.39. The van der Waals surface area contributed by atoms with Crippen molar-refractivity contribution in [2.24, 2.45) is 10.9 Å². The molecule has 0 aliphatic carbocycles. The highest BCUT2D eigenvalue weighted by atomic mass is 32.2. The Morgan fingerprint density at radius 1 is 1.33 bits per heavy atom. The quantitative estimate of drug-likeness (QED) is 0.303. The van der Waals surface area contributed by atoms with Gasteiger partial charge in [-0.15, -0.1) is 11.8 Å². The number of aliphatic imine (C=N–C) groups is 1. The van der Waals surface area contributed by atoms with E-state index in [9.17, 15) is 0 Å². The molecule has 0 bridgehead atoms. The third-order valence-electron chi connectivity index (χ3n) is 5.10. The van der Waals surface area contributed by atoms with Crippen LogP contribution in [-0.2, 0) is 9.47 Å². The summed E-state index contributed by atoms with van der Waals surface area (Å²) in [4.78, 5) is 8.22. The van der Waals surface area contributed by atoms with Gasteiger partial charge in [-0.3, -0.25) is 4.99 Å². The van der Waals surface area contributed by atoms with Gasteiger partial charge in [0.15, 0.2) is 5.96 Å². The lowest BCUT2D eigenvalue weighted by atomic mass is 10.2. The molecule has 1 N–H and O–H groups in total. The average molecular weight is 392 g/mol. The third-order valence-corrected chi connectivity index (χ3v) is 6.35. The normalized spacial score (nSPS) is 23.1. The van der Waals surface area contributed by atoms with Crippen molar-refractivity contribution in [2.45, 2.75) is 36.7 Å². The predicted octanol–water partition coefficient (Wildman–Crippen LogP) is 3.26. The molecular formula is C21H33N3O2S. The molecule has 2 aliphatic rings. The summed E-state index contributed by atoms with van der Waals surface area (Å²) >= 11 is 1.96. The fourth-order valence-electron chi connectivity index (χ4n) is 3.59. The second-order valence-electron chi connectivity index (χ2n) is 7.26. The van der Waals surface area contributed by atoms with E-state index in [0.29, 0.717) is 6.10 Å². The van der Waals surface area contributed by atoms with Crippen molar-refractivity contribution in [1.82, 2.24) is 10.2 Å². The van der Waals surface area contributed by atoms with Crippen LogP contribution < -0.4 is 5.32 Å². The fourth-order valence-corrected chi connectivity index (χ4v) is 4.64. The van der Waals surface area contributed by atoms with E-state index in [4.69, 9.17) is 9.47 Å². The molecule has 2 fully saturated rings. The maximum Gasteiger partial charge on any atom is 0.193 e. The highest BCUT2D eigenvalue weighted by molar-refractivity contribution is 7.99. The first-order valence-electron chi connectivity index (χ1n) is 10.2. The van der Waals surface area contributed by atoms with Crippen LogP contribution in [0, 0.1) is 5.92 Å². The molecule has 0 amide bonds. The Morgan fingerprint density at radius 3 is 3.00 bits per heavy atom. The van der Waals surface area contributed by atoms with Gasteiger partial charge < -0.3 is 19.7 Å². The Balaban J connectivity index is 1.27. The summed E-state index contributed by atoms with van der Waals surface area (Å²) in [6.45, 7) is 5.50. The van der Waals surface area contributed by atoms with Gasteiger partial charge in [-0.1, -0.05) is 18.2 Å². The number of likely N-dealkylation sites (tertiary alicyclic amines) is 1. The van der Waals surface area contributed by atoms with E-state index in [2.05, 4.69) is 45.5 Å². The van der Waals surface area contributed by atoms with Crippen molar-refractivity contribution >= 4 is 17.7 Å². The van der Waals surface area contributed by atoms with Gasteiger partial charge >= 0.3 is 0 Å². The first-order chi connectivity index (χ1) is 13.3. The van der Waals surface area contributed by atoms with Crippen LogP contribution >= 0.6 is 11.8 Å². The lowest BCUT2D eigenvalue weighted by molar-refractivity contribution is 0.0168. The fraction of sp³-hybridized carbons (Fsp3) is 0.667. The maximum atomic E-state index is 5.73. The highest BCUT2D eigenvalue weighted by Gasteiger charge is 2.24. The molecule has 5 nitrogen and oxygen atoms in total. The predicted molar refractivity (Wildman–Crippen MR) is 113 cm³/mol. The number of rotatable bonds is 9. The number of hydrogen-bond acceptors (Lipinski definition) is 4. The van der Waals surface area contributed by atoms with Crippen molar-refractivity contribution < 1.29 is 9.47 Å². The molecule has 0 saturated carbocycles. The zero-order valence-electron chi connectivity index (χ0n) is 16.4. The highest BCUT2D eigenvalue weighted by Crippen LogP contribution is 2.25. The Labute approximate surface area is 167 Å². The summed E-state index contributed by atoms with van der Waals surface area (Å²) in [5.74, 6) is 2.93. The summed E-state index contributed by atoms with van der Waals surface area (Å²) < 4.78 is 11.3. The number of ether oxygens (including phenoxy) is 2. The van der Waals surface area contributed by atoms with E-state index in [1.54, 1.807) is 0 Å².